The van der Waals surface area contributed by atoms with E-state index >= 15 is 0 Å². The maximum Gasteiger partial charge on any atom is 0.307 e. The summed E-state index contributed by atoms with van der Waals surface area (Å²) in [6.45, 7) is 5.18. The highest BCUT2D eigenvalue weighted by Gasteiger charge is 2.15. The largest absolute Gasteiger partial charge is 0.312 e. The number of rotatable bonds is 7. The van der Waals surface area contributed by atoms with Crippen LogP contribution in [-0.4, -0.2) is 17.0 Å². The van der Waals surface area contributed by atoms with E-state index in [4.69, 9.17) is 0 Å². The van der Waals surface area contributed by atoms with Gasteiger partial charge in [0.05, 0.1) is 0 Å². The molecule has 1 amide bonds. The van der Waals surface area contributed by atoms with Gasteiger partial charge in [-0.25, -0.2) is 0 Å². The summed E-state index contributed by atoms with van der Waals surface area (Å²) in [5.41, 5.74) is 1.85. The highest BCUT2D eigenvalue weighted by atomic mass is 32.1. The van der Waals surface area contributed by atoms with Crippen molar-refractivity contribution in [2.45, 2.75) is 39.7 Å². The Hall–Kier alpha value is -1.88. The third-order valence-corrected chi connectivity index (χ3v) is 4.51. The van der Waals surface area contributed by atoms with Gasteiger partial charge in [0.1, 0.15) is 0 Å². The number of nitrogens with zero attached hydrogens (tertiary/aromatic N) is 2. The average Bonchev–Trinajstić information content (AvgIpc) is 2.85. The van der Waals surface area contributed by atoms with E-state index < -0.39 is 0 Å². The molecule has 2 rings (SSSR count). The number of benzene rings is 1. The number of thiazole rings is 1. The van der Waals surface area contributed by atoms with E-state index in [1.165, 1.54) is 11.3 Å². The number of aryl methyl sites for hydroxylation is 1. The first-order valence-electron chi connectivity index (χ1n) is 7.63. The van der Waals surface area contributed by atoms with Crippen molar-refractivity contribution >= 4 is 22.9 Å². The lowest BCUT2D eigenvalue weighted by molar-refractivity contribution is -0.118. The molecule has 0 aliphatic rings. The van der Waals surface area contributed by atoms with E-state index in [1.54, 1.807) is 4.57 Å². The van der Waals surface area contributed by atoms with Crippen molar-refractivity contribution in [2.24, 2.45) is 0 Å². The molecule has 0 unspecified atom stereocenters. The van der Waals surface area contributed by atoms with Crippen molar-refractivity contribution in [3.8, 4) is 0 Å². The molecular formula is C17H22N2O2S. The van der Waals surface area contributed by atoms with Crippen molar-refractivity contribution < 1.29 is 4.79 Å². The molecule has 0 atom stereocenters. The van der Waals surface area contributed by atoms with Gasteiger partial charge in [0.25, 0.3) is 0 Å². The molecule has 0 fully saturated rings. The number of unbranched alkanes of at least 4 members (excludes halogenated alkanes) is 1. The Labute approximate surface area is 135 Å². The molecule has 0 bridgehead atoms. The van der Waals surface area contributed by atoms with Gasteiger partial charge in [-0.2, -0.15) is 0 Å². The minimum Gasteiger partial charge on any atom is -0.312 e. The molecule has 0 saturated heterocycles. The lowest BCUT2D eigenvalue weighted by Crippen LogP contribution is -2.33. The Kier molecular flexibility index (Phi) is 5.95. The lowest BCUT2D eigenvalue weighted by atomic mass is 10.2. The van der Waals surface area contributed by atoms with Crippen LogP contribution in [0.15, 0.2) is 40.5 Å². The van der Waals surface area contributed by atoms with Crippen LogP contribution in [0.2, 0.25) is 0 Å². The van der Waals surface area contributed by atoms with Crippen LogP contribution in [0.25, 0.3) is 0 Å². The number of amides is 1. The van der Waals surface area contributed by atoms with Gasteiger partial charge in [0.2, 0.25) is 5.91 Å². The molecule has 5 heteroatoms. The Morgan fingerprint density at radius 1 is 1.27 bits per heavy atom. The molecule has 1 aromatic heterocycles. The summed E-state index contributed by atoms with van der Waals surface area (Å²) in [4.78, 5) is 26.1. The van der Waals surface area contributed by atoms with Crippen LogP contribution in [0.5, 0.6) is 0 Å². The van der Waals surface area contributed by atoms with Gasteiger partial charge in [-0.05, 0) is 25.5 Å². The highest BCUT2D eigenvalue weighted by Crippen LogP contribution is 2.16. The maximum absolute atomic E-state index is 12.6. The number of carbonyl (C=O) groups is 1. The molecule has 0 aliphatic carbocycles. The Morgan fingerprint density at radius 3 is 2.59 bits per heavy atom. The number of aromatic nitrogens is 1. The minimum atomic E-state index is 0.00474. The van der Waals surface area contributed by atoms with Gasteiger partial charge < -0.3 is 9.47 Å². The minimum absolute atomic E-state index is 0.00474. The zero-order valence-electron chi connectivity index (χ0n) is 13.1. The van der Waals surface area contributed by atoms with E-state index in [1.807, 2.05) is 47.5 Å². The molecule has 0 N–H and O–H groups in total. The normalized spacial score (nSPS) is 10.6. The van der Waals surface area contributed by atoms with E-state index in [9.17, 15) is 9.59 Å². The average molecular weight is 318 g/mol. The van der Waals surface area contributed by atoms with Crippen LogP contribution in [0, 0.1) is 6.92 Å². The molecule has 1 aromatic carbocycles. The summed E-state index contributed by atoms with van der Waals surface area (Å²) in [6, 6.07) is 9.73. The SMILES string of the molecule is CCCCN(C(=O)CCn1c(C)csc1=O)c1ccccc1. The van der Waals surface area contributed by atoms with Crippen molar-refractivity contribution in [3.63, 3.8) is 0 Å². The van der Waals surface area contributed by atoms with Crippen LogP contribution in [0.3, 0.4) is 0 Å². The van der Waals surface area contributed by atoms with E-state index in [-0.39, 0.29) is 10.8 Å². The molecule has 0 aliphatic heterocycles. The number of para-hydroxylation sites is 1. The zero-order chi connectivity index (χ0) is 15.9. The van der Waals surface area contributed by atoms with Gasteiger partial charge in [-0.15, -0.1) is 0 Å². The highest BCUT2D eigenvalue weighted by molar-refractivity contribution is 7.07. The first-order valence-corrected chi connectivity index (χ1v) is 8.51. The van der Waals surface area contributed by atoms with E-state index in [2.05, 4.69) is 6.92 Å². The van der Waals surface area contributed by atoms with Crippen molar-refractivity contribution in [2.75, 3.05) is 11.4 Å². The number of hydrogen-bond donors (Lipinski definition) is 0. The summed E-state index contributed by atoms with van der Waals surface area (Å²) in [5, 5.41) is 1.83. The van der Waals surface area contributed by atoms with Crippen LogP contribution < -0.4 is 9.77 Å². The fraction of sp³-hybridized carbons (Fsp3) is 0.412. The molecule has 1 heterocycles. The molecule has 22 heavy (non-hydrogen) atoms. The molecule has 0 radical (unpaired) electrons. The Morgan fingerprint density at radius 2 is 2.00 bits per heavy atom. The topological polar surface area (TPSA) is 42.3 Å². The summed E-state index contributed by atoms with van der Waals surface area (Å²) < 4.78 is 1.67. The molecular weight excluding hydrogens is 296 g/mol. The maximum atomic E-state index is 12.6. The third kappa shape index (κ3) is 4.07. The predicted octanol–water partition coefficient (Wildman–Crippen LogP) is 3.44. The van der Waals surface area contributed by atoms with Crippen LogP contribution >= 0.6 is 11.3 Å². The number of carbonyl (C=O) groups excluding carboxylic acids is 1. The van der Waals surface area contributed by atoms with E-state index in [0.29, 0.717) is 13.0 Å². The summed E-state index contributed by atoms with van der Waals surface area (Å²) >= 11 is 1.18. The second-order valence-corrected chi connectivity index (χ2v) is 6.10. The van der Waals surface area contributed by atoms with Crippen LogP contribution in [0.4, 0.5) is 5.69 Å². The summed E-state index contributed by atoms with van der Waals surface area (Å²) in [7, 11) is 0. The van der Waals surface area contributed by atoms with Crippen molar-refractivity contribution in [1.29, 1.82) is 0 Å². The number of anilines is 1. The van der Waals surface area contributed by atoms with Gasteiger partial charge >= 0.3 is 4.87 Å². The van der Waals surface area contributed by atoms with Crippen molar-refractivity contribution in [1.82, 2.24) is 4.57 Å². The standard InChI is InChI=1S/C17H22N2O2S/c1-3-4-11-19(15-8-6-5-7-9-15)16(20)10-12-18-14(2)13-22-17(18)21/h5-9,13H,3-4,10-12H2,1-2H3. The fourth-order valence-electron chi connectivity index (χ4n) is 2.34. The summed E-state index contributed by atoms with van der Waals surface area (Å²) in [5.74, 6) is 0.0668. The zero-order valence-corrected chi connectivity index (χ0v) is 13.9. The quantitative estimate of drug-likeness (QED) is 0.785. The second kappa shape index (κ2) is 7.94. The monoisotopic (exact) mass is 318 g/mol. The first kappa shape index (κ1) is 16.5. The smallest absolute Gasteiger partial charge is 0.307 e. The molecule has 4 nitrogen and oxygen atoms in total. The lowest BCUT2D eigenvalue weighted by Gasteiger charge is -2.23. The molecule has 0 saturated carbocycles. The molecule has 0 spiro atoms. The van der Waals surface area contributed by atoms with Gasteiger partial charge in [0.15, 0.2) is 0 Å². The number of hydrogen-bond acceptors (Lipinski definition) is 3. The van der Waals surface area contributed by atoms with Crippen LogP contribution in [0.1, 0.15) is 31.9 Å². The third-order valence-electron chi connectivity index (χ3n) is 3.63. The fourth-order valence-corrected chi connectivity index (χ4v) is 3.10. The predicted molar refractivity (Wildman–Crippen MR) is 91.6 cm³/mol. The molecule has 118 valence electrons. The first-order chi connectivity index (χ1) is 10.6. The van der Waals surface area contributed by atoms with Gasteiger partial charge in [-0.3, -0.25) is 9.59 Å². The summed E-state index contributed by atoms with van der Waals surface area (Å²) in [6.07, 6.45) is 2.36. The van der Waals surface area contributed by atoms with Crippen LogP contribution in [-0.2, 0) is 11.3 Å². The van der Waals surface area contributed by atoms with Gasteiger partial charge in [0, 0.05) is 36.3 Å². The van der Waals surface area contributed by atoms with Gasteiger partial charge in [-0.1, -0.05) is 42.9 Å². The molecule has 2 aromatic rings. The Balaban J connectivity index is 2.07. The van der Waals surface area contributed by atoms with Crippen molar-refractivity contribution in [3.05, 3.63) is 51.1 Å². The Bertz CT molecular complexity index is 661. The second-order valence-electron chi connectivity index (χ2n) is 5.28. The van der Waals surface area contributed by atoms with E-state index in [0.717, 1.165) is 30.8 Å².